The van der Waals surface area contributed by atoms with Gasteiger partial charge in [-0.15, -0.1) is 0 Å². The van der Waals surface area contributed by atoms with Gasteiger partial charge in [0.2, 0.25) is 5.91 Å². The summed E-state index contributed by atoms with van der Waals surface area (Å²) in [5, 5.41) is 3.37. The molecule has 1 N–H and O–H groups in total. The van der Waals surface area contributed by atoms with Gasteiger partial charge in [-0.2, -0.15) is 0 Å². The van der Waals surface area contributed by atoms with Crippen LogP contribution in [0.15, 0.2) is 24.3 Å². The van der Waals surface area contributed by atoms with Crippen LogP contribution in [0, 0.1) is 0 Å². The highest BCUT2D eigenvalue weighted by Crippen LogP contribution is 2.37. The van der Waals surface area contributed by atoms with Crippen molar-refractivity contribution < 1.29 is 9.59 Å². The Kier molecular flexibility index (Phi) is 6.26. The quantitative estimate of drug-likeness (QED) is 0.731. The molecule has 158 valence electrons. The number of benzene rings is 1. The molecule has 0 bridgehead atoms. The second-order valence-corrected chi connectivity index (χ2v) is 9.59. The average Bonchev–Trinajstić information content (AvgIpc) is 3.13. The fourth-order valence-corrected chi connectivity index (χ4v) is 5.73. The van der Waals surface area contributed by atoms with Gasteiger partial charge in [0.25, 0.3) is 5.91 Å². The fourth-order valence-electron chi connectivity index (χ4n) is 5.73. The molecule has 29 heavy (non-hydrogen) atoms. The van der Waals surface area contributed by atoms with Crippen molar-refractivity contribution >= 4 is 11.8 Å². The molecular weight excluding hydrogens is 360 g/mol. The molecule has 0 unspecified atom stereocenters. The van der Waals surface area contributed by atoms with Crippen LogP contribution >= 0.6 is 0 Å². The predicted octanol–water partition coefficient (Wildman–Crippen LogP) is 5.01. The van der Waals surface area contributed by atoms with E-state index in [4.69, 9.17) is 0 Å². The number of fused-ring (bicyclic) bond motifs is 1. The second kappa shape index (κ2) is 8.89. The zero-order valence-corrected chi connectivity index (χ0v) is 17.9. The maximum absolute atomic E-state index is 13.7. The molecule has 2 saturated carbocycles. The van der Waals surface area contributed by atoms with Gasteiger partial charge in [-0.3, -0.25) is 9.59 Å². The fraction of sp³-hybridized carbons (Fsp3) is 0.680. The molecule has 0 radical (unpaired) electrons. The van der Waals surface area contributed by atoms with Crippen LogP contribution in [0.3, 0.4) is 0 Å². The summed E-state index contributed by atoms with van der Waals surface area (Å²) in [5.41, 5.74) is 1.00. The van der Waals surface area contributed by atoms with Crippen molar-refractivity contribution in [2.75, 3.05) is 0 Å². The smallest absolute Gasteiger partial charge is 0.255 e. The zero-order valence-electron chi connectivity index (χ0n) is 17.9. The van der Waals surface area contributed by atoms with E-state index in [1.165, 1.54) is 38.5 Å². The molecule has 2 fully saturated rings. The van der Waals surface area contributed by atoms with Crippen molar-refractivity contribution in [2.45, 2.75) is 108 Å². The molecule has 4 rings (SSSR count). The summed E-state index contributed by atoms with van der Waals surface area (Å²) >= 11 is 0. The first-order valence-corrected chi connectivity index (χ1v) is 11.8. The highest BCUT2D eigenvalue weighted by atomic mass is 16.2. The lowest BCUT2D eigenvalue weighted by Crippen LogP contribution is -2.66. The molecule has 1 aromatic carbocycles. The van der Waals surface area contributed by atoms with Crippen molar-refractivity contribution in [3.8, 4) is 0 Å². The molecule has 1 aromatic rings. The van der Waals surface area contributed by atoms with Gasteiger partial charge in [0.05, 0.1) is 0 Å². The Morgan fingerprint density at radius 3 is 2.17 bits per heavy atom. The summed E-state index contributed by atoms with van der Waals surface area (Å²) in [7, 11) is 0. The number of nitrogens with one attached hydrogen (secondary N) is 1. The van der Waals surface area contributed by atoms with Crippen LogP contribution in [0.4, 0.5) is 0 Å². The van der Waals surface area contributed by atoms with Gasteiger partial charge in [0.15, 0.2) is 0 Å². The van der Waals surface area contributed by atoms with Crippen LogP contribution in [0.1, 0.15) is 99.9 Å². The van der Waals surface area contributed by atoms with Crippen molar-refractivity contribution in [3.63, 3.8) is 0 Å². The lowest BCUT2D eigenvalue weighted by atomic mass is 9.80. The first-order chi connectivity index (χ1) is 14.1. The number of amides is 2. The van der Waals surface area contributed by atoms with E-state index in [1.54, 1.807) is 0 Å². The van der Waals surface area contributed by atoms with Gasteiger partial charge in [-0.05, 0) is 44.2 Å². The second-order valence-electron chi connectivity index (χ2n) is 9.59. The molecule has 1 aliphatic heterocycles. The van der Waals surface area contributed by atoms with E-state index in [2.05, 4.69) is 5.32 Å². The minimum Gasteiger partial charge on any atom is -0.351 e. The number of carbonyl (C=O) groups is 2. The topological polar surface area (TPSA) is 49.4 Å². The number of hydrogen-bond donors (Lipinski definition) is 1. The van der Waals surface area contributed by atoms with Crippen molar-refractivity contribution in [1.82, 2.24) is 10.2 Å². The van der Waals surface area contributed by atoms with Gasteiger partial charge < -0.3 is 10.2 Å². The Balaban J connectivity index is 1.64. The number of carbonyl (C=O) groups excluding carboxylic acids is 2. The summed E-state index contributed by atoms with van der Waals surface area (Å²) in [6.07, 6.45) is 14.5. The standard InChI is InChI=1S/C25H36N2O2/c1-25(24(29)26-20-13-6-2-3-7-14-20)18-19-12-10-11-17-22(19)23(28)27(25)21-15-8-4-5-9-16-21/h10-12,17,20-21H,2-9,13-16,18H2,1H3,(H,26,29)/t25-/m1/s1. The summed E-state index contributed by atoms with van der Waals surface area (Å²) in [6, 6.07) is 8.31. The van der Waals surface area contributed by atoms with Crippen molar-refractivity contribution in [2.24, 2.45) is 0 Å². The Hall–Kier alpha value is -1.84. The Morgan fingerprint density at radius 1 is 0.931 bits per heavy atom. The average molecular weight is 397 g/mol. The normalized spacial score (nSPS) is 27.1. The lowest BCUT2D eigenvalue weighted by Gasteiger charge is -2.48. The minimum absolute atomic E-state index is 0.0523. The Morgan fingerprint density at radius 2 is 1.52 bits per heavy atom. The number of rotatable bonds is 3. The lowest BCUT2D eigenvalue weighted by molar-refractivity contribution is -0.134. The third-order valence-electron chi connectivity index (χ3n) is 7.40. The molecule has 0 spiro atoms. The van der Waals surface area contributed by atoms with Crippen molar-refractivity contribution in [3.05, 3.63) is 35.4 Å². The third-order valence-corrected chi connectivity index (χ3v) is 7.40. The summed E-state index contributed by atoms with van der Waals surface area (Å²) < 4.78 is 0. The third kappa shape index (κ3) is 4.22. The molecule has 4 heteroatoms. The monoisotopic (exact) mass is 396 g/mol. The van der Waals surface area contributed by atoms with E-state index in [9.17, 15) is 9.59 Å². The van der Waals surface area contributed by atoms with Gasteiger partial charge >= 0.3 is 0 Å². The summed E-state index contributed by atoms with van der Waals surface area (Å²) in [4.78, 5) is 29.3. The predicted molar refractivity (Wildman–Crippen MR) is 116 cm³/mol. The SMILES string of the molecule is C[C@]1(C(=O)NC2CCCCCC2)Cc2ccccc2C(=O)N1C1CCCCCC1. The maximum Gasteiger partial charge on any atom is 0.255 e. The Bertz CT molecular complexity index is 730. The van der Waals surface area contributed by atoms with Crippen molar-refractivity contribution in [1.29, 1.82) is 0 Å². The largest absolute Gasteiger partial charge is 0.351 e. The minimum atomic E-state index is -0.799. The highest BCUT2D eigenvalue weighted by molar-refractivity contribution is 6.02. The summed E-state index contributed by atoms with van der Waals surface area (Å²) in [6.45, 7) is 2.01. The number of nitrogens with zero attached hydrogens (tertiary/aromatic N) is 1. The molecular formula is C25H36N2O2. The molecule has 4 nitrogen and oxygen atoms in total. The van der Waals surface area contributed by atoms with Gasteiger partial charge in [-0.1, -0.05) is 69.6 Å². The molecule has 0 aromatic heterocycles. The summed E-state index contributed by atoms with van der Waals surface area (Å²) in [5.74, 6) is 0.105. The van der Waals surface area contributed by atoms with Crippen LogP contribution in [-0.2, 0) is 11.2 Å². The first kappa shape index (κ1) is 20.4. The molecule has 2 amide bonds. The molecule has 3 aliphatic rings. The number of hydrogen-bond acceptors (Lipinski definition) is 2. The van der Waals surface area contributed by atoms with E-state index >= 15 is 0 Å². The van der Waals surface area contributed by atoms with Crippen LogP contribution < -0.4 is 5.32 Å². The van der Waals surface area contributed by atoms with Crippen LogP contribution in [-0.4, -0.2) is 34.3 Å². The molecule has 2 aliphatic carbocycles. The van der Waals surface area contributed by atoms with E-state index < -0.39 is 5.54 Å². The van der Waals surface area contributed by atoms with E-state index in [0.29, 0.717) is 6.42 Å². The zero-order chi connectivity index (χ0) is 20.3. The Labute approximate surface area is 175 Å². The molecule has 1 heterocycles. The van der Waals surface area contributed by atoms with Crippen LogP contribution in [0.2, 0.25) is 0 Å². The molecule has 0 saturated heterocycles. The van der Waals surface area contributed by atoms with E-state index in [1.807, 2.05) is 36.1 Å². The first-order valence-electron chi connectivity index (χ1n) is 11.8. The maximum atomic E-state index is 13.7. The van der Waals surface area contributed by atoms with Gasteiger partial charge in [0.1, 0.15) is 5.54 Å². The van der Waals surface area contributed by atoms with Gasteiger partial charge in [0, 0.05) is 24.1 Å². The van der Waals surface area contributed by atoms with E-state index in [0.717, 1.165) is 49.7 Å². The molecule has 1 atom stereocenters. The highest BCUT2D eigenvalue weighted by Gasteiger charge is 2.49. The van der Waals surface area contributed by atoms with Gasteiger partial charge in [-0.25, -0.2) is 0 Å². The van der Waals surface area contributed by atoms with Crippen LogP contribution in [0.25, 0.3) is 0 Å². The van der Waals surface area contributed by atoms with Crippen LogP contribution in [0.5, 0.6) is 0 Å². The van der Waals surface area contributed by atoms with E-state index in [-0.39, 0.29) is 23.9 Å².